The van der Waals surface area contributed by atoms with E-state index in [0.29, 0.717) is 18.8 Å². The van der Waals surface area contributed by atoms with Crippen molar-refractivity contribution < 1.29 is 4.79 Å². The summed E-state index contributed by atoms with van der Waals surface area (Å²) in [5.41, 5.74) is 2.85. The quantitative estimate of drug-likeness (QED) is 0.528. The summed E-state index contributed by atoms with van der Waals surface area (Å²) in [4.78, 5) is 19.3. The van der Waals surface area contributed by atoms with Gasteiger partial charge in [-0.15, -0.1) is 11.3 Å². The third kappa shape index (κ3) is 3.39. The molecule has 0 saturated carbocycles. The number of thiazole rings is 1. The van der Waals surface area contributed by atoms with Crippen molar-refractivity contribution in [3.05, 3.63) is 89.2 Å². The molecular formula is C21H19N3OS. The van der Waals surface area contributed by atoms with Gasteiger partial charge < -0.3 is 9.47 Å². The number of benzene rings is 2. The van der Waals surface area contributed by atoms with E-state index in [1.165, 1.54) is 5.56 Å². The third-order valence-electron chi connectivity index (χ3n) is 4.30. The predicted molar refractivity (Wildman–Crippen MR) is 105 cm³/mol. The summed E-state index contributed by atoms with van der Waals surface area (Å²) in [5.74, 6) is 0.00480. The van der Waals surface area contributed by atoms with Crippen molar-refractivity contribution in [3.8, 4) is 0 Å². The molecule has 0 bridgehead atoms. The number of fused-ring (bicyclic) bond motifs is 1. The van der Waals surface area contributed by atoms with Crippen LogP contribution in [0.4, 0.5) is 0 Å². The number of nitrogens with zero attached hydrogens (tertiary/aromatic N) is 3. The molecule has 0 spiro atoms. The molecule has 2 aromatic heterocycles. The molecular weight excluding hydrogens is 342 g/mol. The zero-order valence-electron chi connectivity index (χ0n) is 14.5. The summed E-state index contributed by atoms with van der Waals surface area (Å²) in [7, 11) is 1.83. The number of hydrogen-bond acceptors (Lipinski definition) is 3. The van der Waals surface area contributed by atoms with Gasteiger partial charge in [-0.3, -0.25) is 4.79 Å². The zero-order chi connectivity index (χ0) is 17.9. The van der Waals surface area contributed by atoms with Gasteiger partial charge in [0.15, 0.2) is 0 Å². The second kappa shape index (κ2) is 7.14. The molecule has 0 atom stereocenters. The standard InChI is InChI=1S/C21H19N3OS/c1-23(15-20-22-17-10-5-6-12-19(17)26-20)21(25)18-11-7-13-24(18)14-16-8-3-2-4-9-16/h2-13H,14-15H2,1H3. The van der Waals surface area contributed by atoms with Crippen molar-refractivity contribution in [2.24, 2.45) is 0 Å². The maximum absolute atomic E-state index is 12.9. The first kappa shape index (κ1) is 16.5. The van der Waals surface area contributed by atoms with Crippen LogP contribution in [0.25, 0.3) is 10.2 Å². The van der Waals surface area contributed by atoms with Crippen LogP contribution >= 0.6 is 11.3 Å². The number of para-hydroxylation sites is 1. The second-order valence-corrected chi connectivity index (χ2v) is 7.36. The minimum absolute atomic E-state index is 0.00480. The van der Waals surface area contributed by atoms with Crippen molar-refractivity contribution in [2.75, 3.05) is 7.05 Å². The van der Waals surface area contributed by atoms with Gasteiger partial charge in [0.2, 0.25) is 0 Å². The molecule has 4 rings (SSSR count). The van der Waals surface area contributed by atoms with Gasteiger partial charge in [-0.05, 0) is 29.8 Å². The molecule has 0 aliphatic heterocycles. The van der Waals surface area contributed by atoms with E-state index in [1.807, 2.05) is 66.3 Å². The molecule has 5 heteroatoms. The molecule has 1 amide bonds. The Morgan fingerprint density at radius 2 is 1.81 bits per heavy atom. The molecule has 0 radical (unpaired) electrons. The average molecular weight is 361 g/mol. The van der Waals surface area contributed by atoms with E-state index < -0.39 is 0 Å². The van der Waals surface area contributed by atoms with Crippen LogP contribution in [0.5, 0.6) is 0 Å². The Kier molecular flexibility index (Phi) is 4.54. The van der Waals surface area contributed by atoms with Gasteiger partial charge in [0.1, 0.15) is 10.7 Å². The van der Waals surface area contributed by atoms with E-state index in [2.05, 4.69) is 23.2 Å². The molecule has 2 aromatic carbocycles. The number of hydrogen-bond donors (Lipinski definition) is 0. The van der Waals surface area contributed by atoms with Crippen LogP contribution in [-0.4, -0.2) is 27.4 Å². The van der Waals surface area contributed by atoms with Crippen molar-refractivity contribution >= 4 is 27.5 Å². The van der Waals surface area contributed by atoms with Crippen LogP contribution in [0.3, 0.4) is 0 Å². The lowest BCUT2D eigenvalue weighted by atomic mass is 10.2. The molecule has 0 aliphatic carbocycles. The van der Waals surface area contributed by atoms with Gasteiger partial charge in [-0.1, -0.05) is 42.5 Å². The van der Waals surface area contributed by atoms with Crippen LogP contribution in [0.2, 0.25) is 0 Å². The molecule has 0 unspecified atom stereocenters. The Labute approximate surface area is 156 Å². The number of carbonyl (C=O) groups excluding carboxylic acids is 1. The molecule has 0 saturated heterocycles. The average Bonchev–Trinajstić information content (AvgIpc) is 3.28. The number of amides is 1. The van der Waals surface area contributed by atoms with Gasteiger partial charge in [-0.25, -0.2) is 4.98 Å². The highest BCUT2D eigenvalue weighted by Crippen LogP contribution is 2.23. The summed E-state index contributed by atoms with van der Waals surface area (Å²) in [6.45, 7) is 1.19. The lowest BCUT2D eigenvalue weighted by Gasteiger charge is -2.17. The van der Waals surface area contributed by atoms with E-state index in [1.54, 1.807) is 16.2 Å². The van der Waals surface area contributed by atoms with Crippen LogP contribution in [0.1, 0.15) is 21.1 Å². The first-order valence-electron chi connectivity index (χ1n) is 8.50. The fraction of sp³-hybridized carbons (Fsp3) is 0.143. The van der Waals surface area contributed by atoms with Crippen molar-refractivity contribution in [2.45, 2.75) is 13.1 Å². The first-order valence-corrected chi connectivity index (χ1v) is 9.31. The van der Waals surface area contributed by atoms with Crippen molar-refractivity contribution in [3.63, 3.8) is 0 Å². The van der Waals surface area contributed by atoms with Crippen LogP contribution in [-0.2, 0) is 13.1 Å². The van der Waals surface area contributed by atoms with Gasteiger partial charge in [-0.2, -0.15) is 0 Å². The number of carbonyl (C=O) groups is 1. The van der Waals surface area contributed by atoms with Gasteiger partial charge >= 0.3 is 0 Å². The van der Waals surface area contributed by atoms with E-state index in [4.69, 9.17) is 0 Å². The predicted octanol–water partition coefficient (Wildman–Crippen LogP) is 4.42. The molecule has 26 heavy (non-hydrogen) atoms. The van der Waals surface area contributed by atoms with E-state index >= 15 is 0 Å². The Balaban J connectivity index is 1.51. The lowest BCUT2D eigenvalue weighted by molar-refractivity contribution is 0.0775. The minimum Gasteiger partial charge on any atom is -0.339 e. The van der Waals surface area contributed by atoms with Crippen molar-refractivity contribution in [1.29, 1.82) is 0 Å². The topological polar surface area (TPSA) is 38.1 Å². The van der Waals surface area contributed by atoms with Crippen LogP contribution in [0, 0.1) is 0 Å². The fourth-order valence-corrected chi connectivity index (χ4v) is 4.00. The molecule has 0 fully saturated rings. The monoisotopic (exact) mass is 361 g/mol. The largest absolute Gasteiger partial charge is 0.339 e. The summed E-state index contributed by atoms with van der Waals surface area (Å²) in [6, 6.07) is 22.0. The SMILES string of the molecule is CN(Cc1nc2ccccc2s1)C(=O)c1cccn1Cc1ccccc1. The fourth-order valence-electron chi connectivity index (χ4n) is 2.98. The summed E-state index contributed by atoms with van der Waals surface area (Å²) in [6.07, 6.45) is 1.95. The Hall–Kier alpha value is -2.92. The maximum atomic E-state index is 12.9. The molecule has 4 nitrogen and oxygen atoms in total. The molecule has 0 aliphatic rings. The third-order valence-corrected chi connectivity index (χ3v) is 5.32. The van der Waals surface area contributed by atoms with E-state index in [-0.39, 0.29) is 5.91 Å². The smallest absolute Gasteiger partial charge is 0.270 e. The highest BCUT2D eigenvalue weighted by Gasteiger charge is 2.17. The lowest BCUT2D eigenvalue weighted by Crippen LogP contribution is -2.28. The first-order chi connectivity index (χ1) is 12.7. The summed E-state index contributed by atoms with van der Waals surface area (Å²) in [5, 5.41) is 0.947. The van der Waals surface area contributed by atoms with Gasteiger partial charge in [0.05, 0.1) is 16.8 Å². The van der Waals surface area contributed by atoms with E-state index in [9.17, 15) is 4.79 Å². The molecule has 0 N–H and O–H groups in total. The number of aromatic nitrogens is 2. The second-order valence-electron chi connectivity index (χ2n) is 6.24. The highest BCUT2D eigenvalue weighted by molar-refractivity contribution is 7.18. The van der Waals surface area contributed by atoms with Crippen LogP contribution < -0.4 is 0 Å². The van der Waals surface area contributed by atoms with Gasteiger partial charge in [0, 0.05) is 19.8 Å². The Bertz CT molecular complexity index is 1000. The zero-order valence-corrected chi connectivity index (χ0v) is 15.3. The normalized spacial score (nSPS) is 11.0. The summed E-state index contributed by atoms with van der Waals surface area (Å²) < 4.78 is 3.14. The minimum atomic E-state index is 0.00480. The van der Waals surface area contributed by atoms with Crippen LogP contribution in [0.15, 0.2) is 72.9 Å². The molecule has 2 heterocycles. The van der Waals surface area contributed by atoms with Gasteiger partial charge in [0.25, 0.3) is 5.91 Å². The molecule has 4 aromatic rings. The Morgan fingerprint density at radius 1 is 1.04 bits per heavy atom. The van der Waals surface area contributed by atoms with Crippen molar-refractivity contribution in [1.82, 2.24) is 14.5 Å². The van der Waals surface area contributed by atoms with E-state index in [0.717, 1.165) is 15.2 Å². The molecule has 130 valence electrons. The highest BCUT2D eigenvalue weighted by atomic mass is 32.1. The maximum Gasteiger partial charge on any atom is 0.270 e. The number of rotatable bonds is 5. The Morgan fingerprint density at radius 3 is 2.62 bits per heavy atom. The summed E-state index contributed by atoms with van der Waals surface area (Å²) >= 11 is 1.64.